The number of rotatable bonds is 0. The van der Waals surface area contributed by atoms with Gasteiger partial charge < -0.3 is 4.74 Å². The predicted octanol–water partition coefficient (Wildman–Crippen LogP) is 4.30. The number of halogens is 1. The van der Waals surface area contributed by atoms with E-state index in [0.717, 1.165) is 17.9 Å². The van der Waals surface area contributed by atoms with Crippen molar-refractivity contribution in [3.63, 3.8) is 0 Å². The fraction of sp³-hybridized carbons (Fsp3) is 0.143. The average molecular weight is 322 g/mol. The highest BCUT2D eigenvalue weighted by Gasteiger charge is 2.18. The van der Waals surface area contributed by atoms with Crippen molar-refractivity contribution in [2.24, 2.45) is 0 Å². The highest BCUT2D eigenvalue weighted by Crippen LogP contribution is 2.39. The van der Waals surface area contributed by atoms with Crippen molar-refractivity contribution in [1.82, 2.24) is 0 Å². The van der Waals surface area contributed by atoms with E-state index in [1.165, 1.54) is 20.3 Å². The van der Waals surface area contributed by atoms with Crippen LogP contribution in [0.1, 0.15) is 16.7 Å². The maximum Gasteiger partial charge on any atom is 0.144 e. The molecule has 0 atom stereocenters. The van der Waals surface area contributed by atoms with Crippen LogP contribution in [0.5, 0.6) is 11.5 Å². The van der Waals surface area contributed by atoms with Crippen molar-refractivity contribution in [3.8, 4) is 11.5 Å². The van der Waals surface area contributed by atoms with Crippen LogP contribution in [-0.4, -0.2) is 0 Å². The summed E-state index contributed by atoms with van der Waals surface area (Å²) in [5, 5.41) is 0. The van der Waals surface area contributed by atoms with Gasteiger partial charge in [-0.2, -0.15) is 0 Å². The molecule has 1 heterocycles. The van der Waals surface area contributed by atoms with Gasteiger partial charge in [0.15, 0.2) is 0 Å². The molecular weight excluding hydrogens is 311 g/mol. The van der Waals surface area contributed by atoms with E-state index in [1.807, 2.05) is 0 Å². The highest BCUT2D eigenvalue weighted by atomic mass is 127. The van der Waals surface area contributed by atoms with Crippen molar-refractivity contribution >= 4 is 22.6 Å². The molecule has 0 radical (unpaired) electrons. The van der Waals surface area contributed by atoms with Crippen LogP contribution in [0.3, 0.4) is 0 Å². The monoisotopic (exact) mass is 322 g/mol. The van der Waals surface area contributed by atoms with E-state index in [-0.39, 0.29) is 0 Å². The normalized spacial score (nSPS) is 12.6. The van der Waals surface area contributed by atoms with Gasteiger partial charge in [-0.15, -0.1) is 0 Å². The van der Waals surface area contributed by atoms with Gasteiger partial charge in [-0.3, -0.25) is 0 Å². The summed E-state index contributed by atoms with van der Waals surface area (Å²) in [5.41, 5.74) is 3.86. The van der Waals surface area contributed by atoms with Gasteiger partial charge in [-0.05, 0) is 47.2 Å². The Morgan fingerprint density at radius 2 is 2.00 bits per heavy atom. The third-order valence-electron chi connectivity index (χ3n) is 2.86. The summed E-state index contributed by atoms with van der Waals surface area (Å²) in [6, 6.07) is 12.7. The largest absolute Gasteiger partial charge is 0.456 e. The molecule has 0 spiro atoms. The van der Waals surface area contributed by atoms with Gasteiger partial charge in [-0.25, -0.2) is 0 Å². The molecule has 0 fully saturated rings. The minimum Gasteiger partial charge on any atom is -0.456 e. The number of para-hydroxylation sites is 1. The standard InChI is InChI=1S/C14H11IO/c1-9-5-6-13-11(7-9)8-10-3-2-4-12(15)14(10)16-13/h2-7H,8H2,1H3. The Kier molecular flexibility index (Phi) is 2.39. The van der Waals surface area contributed by atoms with Gasteiger partial charge in [0.2, 0.25) is 0 Å². The van der Waals surface area contributed by atoms with Gasteiger partial charge in [0.1, 0.15) is 11.5 Å². The van der Waals surface area contributed by atoms with Crippen LogP contribution in [0.15, 0.2) is 36.4 Å². The Morgan fingerprint density at radius 3 is 2.88 bits per heavy atom. The molecule has 80 valence electrons. The summed E-state index contributed by atoms with van der Waals surface area (Å²) in [6.07, 6.45) is 0.975. The first-order valence-electron chi connectivity index (χ1n) is 5.29. The minimum absolute atomic E-state index is 0.975. The first kappa shape index (κ1) is 10.1. The molecule has 1 aliphatic heterocycles. The number of aryl methyl sites for hydroxylation is 1. The van der Waals surface area contributed by atoms with Crippen LogP contribution in [-0.2, 0) is 6.42 Å². The number of fused-ring (bicyclic) bond motifs is 2. The fourth-order valence-corrected chi connectivity index (χ4v) is 2.73. The van der Waals surface area contributed by atoms with Crippen molar-refractivity contribution in [2.75, 3.05) is 0 Å². The van der Waals surface area contributed by atoms with E-state index < -0.39 is 0 Å². The van der Waals surface area contributed by atoms with Crippen LogP contribution >= 0.6 is 22.6 Å². The highest BCUT2D eigenvalue weighted by molar-refractivity contribution is 14.1. The van der Waals surface area contributed by atoms with Gasteiger partial charge >= 0.3 is 0 Å². The molecular formula is C14H11IO. The summed E-state index contributed by atoms with van der Waals surface area (Å²) in [7, 11) is 0. The van der Waals surface area contributed by atoms with E-state index >= 15 is 0 Å². The van der Waals surface area contributed by atoms with E-state index in [4.69, 9.17) is 4.74 Å². The molecule has 0 aromatic heterocycles. The molecule has 1 nitrogen and oxygen atoms in total. The van der Waals surface area contributed by atoms with E-state index in [2.05, 4.69) is 65.9 Å². The SMILES string of the molecule is Cc1ccc2c(c1)Cc1cccc(I)c1O2. The number of hydrogen-bond donors (Lipinski definition) is 0. The van der Waals surface area contributed by atoms with E-state index in [9.17, 15) is 0 Å². The van der Waals surface area contributed by atoms with Gasteiger partial charge in [0, 0.05) is 12.0 Å². The zero-order chi connectivity index (χ0) is 11.1. The lowest BCUT2D eigenvalue weighted by Gasteiger charge is -2.21. The Hall–Kier alpha value is -1.03. The maximum absolute atomic E-state index is 5.96. The Labute approximate surface area is 109 Å². The Bertz CT molecular complexity index is 561. The molecule has 16 heavy (non-hydrogen) atoms. The molecule has 0 saturated heterocycles. The van der Waals surface area contributed by atoms with Gasteiger partial charge in [0.25, 0.3) is 0 Å². The van der Waals surface area contributed by atoms with Crippen LogP contribution in [0.25, 0.3) is 0 Å². The quantitative estimate of drug-likeness (QED) is 0.561. The lowest BCUT2D eigenvalue weighted by molar-refractivity contribution is 0.456. The zero-order valence-corrected chi connectivity index (χ0v) is 11.1. The molecule has 0 aliphatic carbocycles. The number of hydrogen-bond acceptors (Lipinski definition) is 1. The summed E-state index contributed by atoms with van der Waals surface area (Å²) in [4.78, 5) is 0. The smallest absolute Gasteiger partial charge is 0.144 e. The minimum atomic E-state index is 0.975. The van der Waals surface area contributed by atoms with E-state index in [1.54, 1.807) is 0 Å². The van der Waals surface area contributed by atoms with Crippen molar-refractivity contribution in [3.05, 3.63) is 56.7 Å². The number of ether oxygens (including phenoxy) is 1. The Balaban J connectivity index is 2.13. The van der Waals surface area contributed by atoms with Gasteiger partial charge in [-0.1, -0.05) is 29.8 Å². The molecule has 0 amide bonds. The molecule has 2 heteroatoms. The van der Waals surface area contributed by atoms with Crippen LogP contribution < -0.4 is 4.74 Å². The first-order chi connectivity index (χ1) is 7.74. The van der Waals surface area contributed by atoms with Gasteiger partial charge in [0.05, 0.1) is 3.57 Å². The zero-order valence-electron chi connectivity index (χ0n) is 8.96. The van der Waals surface area contributed by atoms with Crippen LogP contribution in [0.2, 0.25) is 0 Å². The number of benzene rings is 2. The first-order valence-corrected chi connectivity index (χ1v) is 6.37. The summed E-state index contributed by atoms with van der Waals surface area (Å²) < 4.78 is 7.14. The molecule has 1 aliphatic rings. The summed E-state index contributed by atoms with van der Waals surface area (Å²) >= 11 is 2.32. The topological polar surface area (TPSA) is 9.23 Å². The second-order valence-corrected chi connectivity index (χ2v) is 5.28. The third kappa shape index (κ3) is 1.61. The van der Waals surface area contributed by atoms with E-state index in [0.29, 0.717) is 0 Å². The Morgan fingerprint density at radius 1 is 1.12 bits per heavy atom. The molecule has 0 unspecified atom stereocenters. The summed E-state index contributed by atoms with van der Waals surface area (Å²) in [6.45, 7) is 2.12. The third-order valence-corrected chi connectivity index (χ3v) is 3.71. The van der Waals surface area contributed by atoms with Crippen molar-refractivity contribution in [2.45, 2.75) is 13.3 Å². The average Bonchev–Trinajstić information content (AvgIpc) is 2.27. The lowest BCUT2D eigenvalue weighted by atomic mass is 9.99. The molecule has 0 bridgehead atoms. The molecule has 2 aromatic rings. The molecule has 0 N–H and O–H groups in total. The van der Waals surface area contributed by atoms with Crippen molar-refractivity contribution < 1.29 is 4.74 Å². The molecule has 3 rings (SSSR count). The second kappa shape index (κ2) is 3.77. The predicted molar refractivity (Wildman–Crippen MR) is 73.2 cm³/mol. The second-order valence-electron chi connectivity index (χ2n) is 4.12. The fourth-order valence-electron chi connectivity index (χ4n) is 2.07. The maximum atomic E-state index is 5.96. The molecule has 2 aromatic carbocycles. The lowest BCUT2D eigenvalue weighted by Crippen LogP contribution is -2.04. The summed E-state index contributed by atoms with van der Waals surface area (Å²) in [5.74, 6) is 2.03. The van der Waals surface area contributed by atoms with Crippen molar-refractivity contribution in [1.29, 1.82) is 0 Å². The van der Waals surface area contributed by atoms with Crippen LogP contribution in [0, 0.1) is 10.5 Å². The molecule has 0 saturated carbocycles. The van der Waals surface area contributed by atoms with Crippen LogP contribution in [0.4, 0.5) is 0 Å².